The first-order valence-electron chi connectivity index (χ1n) is 7.67. The molecule has 1 aliphatic rings. The van der Waals surface area contributed by atoms with Gasteiger partial charge < -0.3 is 5.41 Å². The van der Waals surface area contributed by atoms with Crippen LogP contribution in [0, 0.1) is 16.7 Å². The number of ketones is 1. The van der Waals surface area contributed by atoms with Crippen LogP contribution in [0.25, 0.3) is 0 Å². The maximum atomic E-state index is 12.4. The number of hydrogen-bond acceptors (Lipinski definition) is 2. The normalized spacial score (nSPS) is 22.9. The van der Waals surface area contributed by atoms with Gasteiger partial charge in [-0.25, -0.2) is 0 Å². The fourth-order valence-electron chi connectivity index (χ4n) is 3.00. The average molecular weight is 306 g/mol. The molecule has 1 aromatic rings. The summed E-state index contributed by atoms with van der Waals surface area (Å²) in [5.74, 6) is 0.618. The SMILES string of the molecule is CC(C)(C)C(=N)C(=O)C1CCC(c2ccc(Cl)cc2)CC1. The molecule has 1 saturated carbocycles. The lowest BCUT2D eigenvalue weighted by Crippen LogP contribution is -2.34. The van der Waals surface area contributed by atoms with E-state index in [2.05, 4.69) is 12.1 Å². The molecule has 0 aliphatic heterocycles. The molecule has 114 valence electrons. The van der Waals surface area contributed by atoms with Crippen LogP contribution in [0.1, 0.15) is 57.9 Å². The Hall–Kier alpha value is -1.15. The highest BCUT2D eigenvalue weighted by atomic mass is 35.5. The standard InChI is InChI=1S/C18H24ClNO/c1-18(2,3)17(20)16(21)14-6-4-12(5-7-14)13-8-10-15(19)11-9-13/h8-12,14,20H,4-7H2,1-3H3. The highest BCUT2D eigenvalue weighted by molar-refractivity contribution is 6.41. The molecule has 0 radical (unpaired) electrons. The average Bonchev–Trinajstić information content (AvgIpc) is 2.46. The molecule has 0 amide bonds. The molecule has 0 saturated heterocycles. The highest BCUT2D eigenvalue weighted by Crippen LogP contribution is 2.37. The first-order valence-corrected chi connectivity index (χ1v) is 8.05. The monoisotopic (exact) mass is 305 g/mol. The summed E-state index contributed by atoms with van der Waals surface area (Å²) in [6.45, 7) is 5.81. The molecule has 0 unspecified atom stereocenters. The number of halogens is 1. The lowest BCUT2D eigenvalue weighted by atomic mass is 9.74. The summed E-state index contributed by atoms with van der Waals surface area (Å²) in [5.41, 5.74) is 1.25. The number of nitrogens with one attached hydrogen (secondary N) is 1. The Morgan fingerprint density at radius 2 is 1.62 bits per heavy atom. The molecule has 1 N–H and O–H groups in total. The minimum Gasteiger partial charge on any atom is -0.301 e. The third-order valence-electron chi connectivity index (χ3n) is 4.44. The van der Waals surface area contributed by atoms with Crippen LogP contribution in [0.3, 0.4) is 0 Å². The number of carbonyl (C=O) groups excluding carboxylic acids is 1. The topological polar surface area (TPSA) is 40.9 Å². The smallest absolute Gasteiger partial charge is 0.179 e. The Bertz CT molecular complexity index is 519. The van der Waals surface area contributed by atoms with E-state index in [1.807, 2.05) is 32.9 Å². The van der Waals surface area contributed by atoms with Gasteiger partial charge >= 0.3 is 0 Å². The van der Waals surface area contributed by atoms with Crippen LogP contribution in [0.4, 0.5) is 0 Å². The van der Waals surface area contributed by atoms with Crippen molar-refractivity contribution in [3.63, 3.8) is 0 Å². The Labute approximate surface area is 132 Å². The molecular formula is C18H24ClNO. The molecule has 1 aliphatic carbocycles. The highest BCUT2D eigenvalue weighted by Gasteiger charge is 2.33. The summed E-state index contributed by atoms with van der Waals surface area (Å²) in [7, 11) is 0. The molecule has 3 heteroatoms. The first-order chi connectivity index (χ1) is 9.79. The summed E-state index contributed by atoms with van der Waals surface area (Å²) >= 11 is 5.92. The lowest BCUT2D eigenvalue weighted by molar-refractivity contribution is -0.117. The zero-order chi connectivity index (χ0) is 15.6. The molecular weight excluding hydrogens is 282 g/mol. The number of benzene rings is 1. The maximum absolute atomic E-state index is 12.4. The van der Waals surface area contributed by atoms with Crippen LogP contribution in [0.5, 0.6) is 0 Å². The number of carbonyl (C=O) groups is 1. The molecule has 1 fully saturated rings. The minimum absolute atomic E-state index is 0.0419. The molecule has 0 aromatic heterocycles. The molecule has 1 aromatic carbocycles. The van der Waals surface area contributed by atoms with Gasteiger partial charge in [-0.05, 0) is 49.3 Å². The molecule has 0 atom stereocenters. The van der Waals surface area contributed by atoms with Crippen LogP contribution in [-0.4, -0.2) is 11.5 Å². The van der Waals surface area contributed by atoms with Gasteiger partial charge in [0.15, 0.2) is 5.78 Å². The molecule has 0 heterocycles. The number of rotatable bonds is 3. The van der Waals surface area contributed by atoms with Crippen LogP contribution < -0.4 is 0 Å². The second-order valence-electron chi connectivity index (χ2n) is 7.09. The third-order valence-corrected chi connectivity index (χ3v) is 4.69. The minimum atomic E-state index is -0.343. The number of hydrogen-bond donors (Lipinski definition) is 1. The van der Waals surface area contributed by atoms with Crippen molar-refractivity contribution in [1.29, 1.82) is 5.41 Å². The van der Waals surface area contributed by atoms with Crippen molar-refractivity contribution in [3.05, 3.63) is 34.9 Å². The van der Waals surface area contributed by atoms with E-state index in [4.69, 9.17) is 17.0 Å². The van der Waals surface area contributed by atoms with Crippen molar-refractivity contribution in [2.45, 2.75) is 52.4 Å². The molecule has 0 bridgehead atoms. The second-order valence-corrected chi connectivity index (χ2v) is 7.53. The van der Waals surface area contributed by atoms with Gasteiger partial charge in [-0.2, -0.15) is 0 Å². The van der Waals surface area contributed by atoms with Crippen LogP contribution in [-0.2, 0) is 4.79 Å². The van der Waals surface area contributed by atoms with E-state index in [9.17, 15) is 4.79 Å². The Morgan fingerprint density at radius 3 is 2.10 bits per heavy atom. The van der Waals surface area contributed by atoms with E-state index in [0.29, 0.717) is 5.92 Å². The van der Waals surface area contributed by atoms with Gasteiger partial charge in [0.2, 0.25) is 0 Å². The molecule has 0 spiro atoms. The predicted molar refractivity (Wildman–Crippen MR) is 88.3 cm³/mol. The molecule has 2 rings (SSSR count). The number of Topliss-reactive ketones (excluding diaryl/α,β-unsaturated/α-hetero) is 1. The quantitative estimate of drug-likeness (QED) is 0.761. The Balaban J connectivity index is 1.96. The summed E-state index contributed by atoms with van der Waals surface area (Å²) in [5, 5.41) is 8.82. The van der Waals surface area contributed by atoms with Crippen LogP contribution in [0.15, 0.2) is 24.3 Å². The van der Waals surface area contributed by atoms with Crippen LogP contribution in [0.2, 0.25) is 5.02 Å². The van der Waals surface area contributed by atoms with Crippen molar-refractivity contribution in [3.8, 4) is 0 Å². The van der Waals surface area contributed by atoms with Gasteiger partial charge in [0.05, 0.1) is 5.71 Å². The first kappa shape index (κ1) is 16.2. The second kappa shape index (κ2) is 6.31. The lowest BCUT2D eigenvalue weighted by Gasteiger charge is -2.30. The van der Waals surface area contributed by atoms with Gasteiger partial charge in [0.1, 0.15) is 0 Å². The Kier molecular flexibility index (Phi) is 4.88. The zero-order valence-electron chi connectivity index (χ0n) is 13.1. The summed E-state index contributed by atoms with van der Waals surface area (Å²) in [6.07, 6.45) is 3.83. The van der Waals surface area contributed by atoms with Gasteiger partial charge in [-0.3, -0.25) is 4.79 Å². The summed E-state index contributed by atoms with van der Waals surface area (Å²) in [6, 6.07) is 8.05. The van der Waals surface area contributed by atoms with Gasteiger partial charge in [-0.1, -0.05) is 44.5 Å². The zero-order valence-corrected chi connectivity index (χ0v) is 13.8. The summed E-state index contributed by atoms with van der Waals surface area (Å²) < 4.78 is 0. The van der Waals surface area contributed by atoms with E-state index in [1.54, 1.807) is 0 Å². The van der Waals surface area contributed by atoms with E-state index < -0.39 is 0 Å². The fourth-order valence-corrected chi connectivity index (χ4v) is 3.12. The van der Waals surface area contributed by atoms with Crippen molar-refractivity contribution < 1.29 is 4.79 Å². The Morgan fingerprint density at radius 1 is 1.10 bits per heavy atom. The third kappa shape index (κ3) is 3.94. The van der Waals surface area contributed by atoms with Gasteiger partial charge in [-0.15, -0.1) is 0 Å². The van der Waals surface area contributed by atoms with E-state index in [1.165, 1.54) is 5.56 Å². The van der Waals surface area contributed by atoms with Gasteiger partial charge in [0.25, 0.3) is 0 Å². The van der Waals surface area contributed by atoms with Crippen molar-refractivity contribution in [1.82, 2.24) is 0 Å². The molecule has 21 heavy (non-hydrogen) atoms. The predicted octanol–water partition coefficient (Wildman–Crippen LogP) is 5.25. The maximum Gasteiger partial charge on any atom is 0.179 e. The van der Waals surface area contributed by atoms with E-state index >= 15 is 0 Å². The van der Waals surface area contributed by atoms with E-state index in [0.717, 1.165) is 30.7 Å². The largest absolute Gasteiger partial charge is 0.301 e. The van der Waals surface area contributed by atoms with Crippen molar-refractivity contribution in [2.24, 2.45) is 11.3 Å². The van der Waals surface area contributed by atoms with Crippen molar-refractivity contribution in [2.75, 3.05) is 0 Å². The fraction of sp³-hybridized carbons (Fsp3) is 0.556. The van der Waals surface area contributed by atoms with Gasteiger partial charge in [0, 0.05) is 16.4 Å². The van der Waals surface area contributed by atoms with Crippen LogP contribution >= 0.6 is 11.6 Å². The van der Waals surface area contributed by atoms with Crippen molar-refractivity contribution >= 4 is 23.1 Å². The molecule has 2 nitrogen and oxygen atoms in total. The summed E-state index contributed by atoms with van der Waals surface area (Å²) in [4.78, 5) is 12.4. The van der Waals surface area contributed by atoms with E-state index in [-0.39, 0.29) is 22.8 Å².